The third-order valence-electron chi connectivity index (χ3n) is 10.1. The zero-order valence-electron chi connectivity index (χ0n) is 36.9. The zero-order valence-corrected chi connectivity index (χ0v) is 36.9. The standard InChI is InChI=1S/C50H88O6/c1-4-7-10-13-16-18-19-20-21-22-23-24-25-26-27-28-29-30-31-32-35-37-40-43-49(52)55-46-47(45-54-48(51)42-39-36-33-15-12-9-6-3)56-50(53)44-41-38-34-17-14-11-8-5-2/h7,10,16,18,20-21,23-24,47H,4-6,8-9,11-15,17,19,22,25-46H2,1-3H3/b10-7-,18-16-,21-20-,24-23-. The highest BCUT2D eigenvalue weighted by molar-refractivity contribution is 5.71. The van der Waals surface area contributed by atoms with Gasteiger partial charge in [-0.25, -0.2) is 0 Å². The summed E-state index contributed by atoms with van der Waals surface area (Å²) in [5, 5.41) is 0. The molecule has 0 aromatic heterocycles. The second-order valence-electron chi connectivity index (χ2n) is 15.6. The van der Waals surface area contributed by atoms with Crippen LogP contribution in [-0.4, -0.2) is 37.2 Å². The van der Waals surface area contributed by atoms with Gasteiger partial charge in [0.1, 0.15) is 13.2 Å². The lowest BCUT2D eigenvalue weighted by Gasteiger charge is -2.18. The van der Waals surface area contributed by atoms with Gasteiger partial charge in [-0.1, -0.05) is 204 Å². The summed E-state index contributed by atoms with van der Waals surface area (Å²) in [6.07, 6.45) is 52.6. The van der Waals surface area contributed by atoms with Crippen LogP contribution in [0.15, 0.2) is 48.6 Å². The van der Waals surface area contributed by atoms with E-state index in [1.807, 2.05) is 0 Å². The molecule has 0 rings (SSSR count). The summed E-state index contributed by atoms with van der Waals surface area (Å²) in [5.41, 5.74) is 0. The molecule has 0 bridgehead atoms. The van der Waals surface area contributed by atoms with Crippen molar-refractivity contribution in [2.24, 2.45) is 0 Å². The van der Waals surface area contributed by atoms with E-state index in [-0.39, 0.29) is 31.1 Å². The second kappa shape index (κ2) is 45.1. The normalized spacial score (nSPS) is 12.4. The summed E-state index contributed by atoms with van der Waals surface area (Å²) >= 11 is 0. The maximum atomic E-state index is 12.6. The van der Waals surface area contributed by atoms with Crippen molar-refractivity contribution >= 4 is 17.9 Å². The first-order chi connectivity index (χ1) is 27.5. The Bertz CT molecular complexity index is 996. The van der Waals surface area contributed by atoms with Crippen LogP contribution in [-0.2, 0) is 28.6 Å². The molecule has 0 heterocycles. The number of hydrogen-bond donors (Lipinski definition) is 0. The van der Waals surface area contributed by atoms with Gasteiger partial charge >= 0.3 is 17.9 Å². The van der Waals surface area contributed by atoms with Crippen LogP contribution in [0.3, 0.4) is 0 Å². The maximum absolute atomic E-state index is 12.6. The minimum atomic E-state index is -0.766. The van der Waals surface area contributed by atoms with Crippen LogP contribution in [0.25, 0.3) is 0 Å². The Balaban J connectivity index is 4.11. The first kappa shape index (κ1) is 53.4. The van der Waals surface area contributed by atoms with Crippen molar-refractivity contribution in [2.45, 2.75) is 239 Å². The van der Waals surface area contributed by atoms with Crippen LogP contribution in [0.1, 0.15) is 233 Å². The van der Waals surface area contributed by atoms with Crippen LogP contribution >= 0.6 is 0 Å². The first-order valence-electron chi connectivity index (χ1n) is 23.6. The average molecular weight is 785 g/mol. The molecule has 0 N–H and O–H groups in total. The monoisotopic (exact) mass is 785 g/mol. The molecule has 0 saturated heterocycles. The van der Waals surface area contributed by atoms with Gasteiger partial charge in [-0.2, -0.15) is 0 Å². The number of hydrogen-bond acceptors (Lipinski definition) is 6. The Labute approximate surface area is 346 Å². The van der Waals surface area contributed by atoms with E-state index in [1.54, 1.807) is 0 Å². The molecule has 324 valence electrons. The molecule has 0 aromatic carbocycles. The third kappa shape index (κ3) is 42.5. The van der Waals surface area contributed by atoms with Gasteiger partial charge in [0.2, 0.25) is 0 Å². The molecule has 6 heteroatoms. The van der Waals surface area contributed by atoms with Gasteiger partial charge in [-0.3, -0.25) is 14.4 Å². The van der Waals surface area contributed by atoms with Gasteiger partial charge in [0.15, 0.2) is 6.10 Å². The Hall–Kier alpha value is -2.63. The fourth-order valence-corrected chi connectivity index (χ4v) is 6.55. The Morgan fingerprint density at radius 1 is 0.375 bits per heavy atom. The summed E-state index contributed by atoms with van der Waals surface area (Å²) < 4.78 is 16.6. The van der Waals surface area contributed by atoms with E-state index in [0.29, 0.717) is 19.3 Å². The number of carbonyl (C=O) groups excluding carboxylic acids is 3. The molecule has 0 aromatic rings. The van der Waals surface area contributed by atoms with Crippen molar-refractivity contribution in [1.29, 1.82) is 0 Å². The van der Waals surface area contributed by atoms with E-state index in [0.717, 1.165) is 83.5 Å². The van der Waals surface area contributed by atoms with E-state index >= 15 is 0 Å². The van der Waals surface area contributed by atoms with E-state index in [4.69, 9.17) is 14.2 Å². The molecule has 1 unspecified atom stereocenters. The number of esters is 3. The Morgan fingerprint density at radius 3 is 1.09 bits per heavy atom. The largest absolute Gasteiger partial charge is 0.462 e. The van der Waals surface area contributed by atoms with Gasteiger partial charge in [0.25, 0.3) is 0 Å². The summed E-state index contributed by atoms with van der Waals surface area (Å²) in [5.74, 6) is -0.887. The molecule has 0 aliphatic carbocycles. The van der Waals surface area contributed by atoms with E-state index in [1.165, 1.54) is 109 Å². The lowest BCUT2D eigenvalue weighted by atomic mass is 10.1. The van der Waals surface area contributed by atoms with Gasteiger partial charge in [-0.15, -0.1) is 0 Å². The smallest absolute Gasteiger partial charge is 0.306 e. The highest BCUT2D eigenvalue weighted by Crippen LogP contribution is 2.14. The van der Waals surface area contributed by atoms with E-state index in [2.05, 4.69) is 69.4 Å². The lowest BCUT2D eigenvalue weighted by molar-refractivity contribution is -0.167. The zero-order chi connectivity index (χ0) is 40.8. The summed E-state index contributed by atoms with van der Waals surface area (Å²) in [7, 11) is 0. The minimum Gasteiger partial charge on any atom is -0.462 e. The fourth-order valence-electron chi connectivity index (χ4n) is 6.55. The number of rotatable bonds is 42. The third-order valence-corrected chi connectivity index (χ3v) is 10.1. The maximum Gasteiger partial charge on any atom is 0.306 e. The number of ether oxygens (including phenoxy) is 3. The number of allylic oxidation sites excluding steroid dienone is 8. The predicted octanol–water partition coefficient (Wildman–Crippen LogP) is 15.1. The molecule has 56 heavy (non-hydrogen) atoms. The molecule has 6 nitrogen and oxygen atoms in total. The second-order valence-corrected chi connectivity index (χ2v) is 15.6. The van der Waals surface area contributed by atoms with E-state index < -0.39 is 6.10 Å². The summed E-state index contributed by atoms with van der Waals surface area (Å²) in [6.45, 7) is 6.44. The van der Waals surface area contributed by atoms with Crippen molar-refractivity contribution in [3.8, 4) is 0 Å². The Kier molecular flexibility index (Phi) is 43.0. The minimum absolute atomic E-state index is 0.0724. The van der Waals surface area contributed by atoms with Crippen LogP contribution < -0.4 is 0 Å². The molecule has 1 atom stereocenters. The molecule has 0 amide bonds. The molecule has 0 saturated carbocycles. The number of carbonyl (C=O) groups is 3. The molecular formula is C50H88O6. The van der Waals surface area contributed by atoms with Crippen molar-refractivity contribution in [3.05, 3.63) is 48.6 Å². The van der Waals surface area contributed by atoms with Crippen molar-refractivity contribution < 1.29 is 28.6 Å². The van der Waals surface area contributed by atoms with Gasteiger partial charge in [0.05, 0.1) is 0 Å². The van der Waals surface area contributed by atoms with Crippen molar-refractivity contribution in [2.75, 3.05) is 13.2 Å². The van der Waals surface area contributed by atoms with Crippen LogP contribution in [0.4, 0.5) is 0 Å². The highest BCUT2D eigenvalue weighted by atomic mass is 16.6. The SMILES string of the molecule is CC/C=C\C/C=C\C/C=C\C/C=C\CCCCCCCCCCCCC(=O)OCC(COC(=O)CCCCCCCCC)OC(=O)CCCCCCCCCC. The van der Waals surface area contributed by atoms with Crippen LogP contribution in [0.2, 0.25) is 0 Å². The summed E-state index contributed by atoms with van der Waals surface area (Å²) in [6, 6.07) is 0. The van der Waals surface area contributed by atoms with Gasteiger partial charge in [-0.05, 0) is 57.8 Å². The van der Waals surface area contributed by atoms with Gasteiger partial charge in [0, 0.05) is 19.3 Å². The van der Waals surface area contributed by atoms with E-state index in [9.17, 15) is 14.4 Å². The quantitative estimate of drug-likeness (QED) is 0.0265. The average Bonchev–Trinajstić information content (AvgIpc) is 3.19. The first-order valence-corrected chi connectivity index (χ1v) is 23.6. The van der Waals surface area contributed by atoms with Crippen molar-refractivity contribution in [3.63, 3.8) is 0 Å². The van der Waals surface area contributed by atoms with Crippen LogP contribution in [0, 0.1) is 0 Å². The predicted molar refractivity (Wildman–Crippen MR) is 238 cm³/mol. The molecular weight excluding hydrogens is 697 g/mol. The Morgan fingerprint density at radius 2 is 0.696 bits per heavy atom. The lowest BCUT2D eigenvalue weighted by Crippen LogP contribution is -2.30. The van der Waals surface area contributed by atoms with Crippen LogP contribution in [0.5, 0.6) is 0 Å². The molecule has 0 fully saturated rings. The number of unbranched alkanes of at least 4 members (excludes halogenated alkanes) is 23. The summed E-state index contributed by atoms with van der Waals surface area (Å²) in [4.78, 5) is 37.5. The molecule has 0 aliphatic rings. The topological polar surface area (TPSA) is 78.9 Å². The molecule has 0 spiro atoms. The van der Waals surface area contributed by atoms with Gasteiger partial charge < -0.3 is 14.2 Å². The molecule has 0 radical (unpaired) electrons. The highest BCUT2D eigenvalue weighted by Gasteiger charge is 2.19. The van der Waals surface area contributed by atoms with Crippen molar-refractivity contribution in [1.82, 2.24) is 0 Å². The molecule has 0 aliphatic heterocycles. The fraction of sp³-hybridized carbons (Fsp3) is 0.780.